The van der Waals surface area contributed by atoms with Gasteiger partial charge in [0.2, 0.25) is 11.8 Å². The minimum Gasteiger partial charge on any atom is -0.369 e. The zero-order valence-electron chi connectivity index (χ0n) is 24.5. The van der Waals surface area contributed by atoms with Crippen LogP contribution in [0.4, 0.5) is 0 Å². The molecule has 4 heteroatoms. The Bertz CT molecular complexity index is 532. The maximum atomic E-state index is 12.3. The Balaban J connectivity index is 3.72. The highest BCUT2D eigenvalue weighted by Crippen LogP contribution is 2.17. The van der Waals surface area contributed by atoms with E-state index in [1.807, 2.05) is 6.92 Å². The van der Waals surface area contributed by atoms with E-state index in [2.05, 4.69) is 31.3 Å². The van der Waals surface area contributed by atoms with E-state index >= 15 is 0 Å². The Morgan fingerprint density at radius 2 is 1.06 bits per heavy atom. The van der Waals surface area contributed by atoms with Gasteiger partial charge in [-0.3, -0.25) is 9.59 Å². The van der Waals surface area contributed by atoms with Crippen molar-refractivity contribution in [3.63, 3.8) is 0 Å². The largest absolute Gasteiger partial charge is 0.369 e. The van der Waals surface area contributed by atoms with E-state index in [1.165, 1.54) is 109 Å². The molecule has 0 spiro atoms. The molecule has 2 unspecified atom stereocenters. The molecule has 212 valence electrons. The summed E-state index contributed by atoms with van der Waals surface area (Å²) in [4.78, 5) is 24.3. The molecule has 0 saturated heterocycles. The molecule has 36 heavy (non-hydrogen) atoms. The number of carbonyl (C=O) groups is 2. The monoisotopic (exact) mass is 506 g/mol. The van der Waals surface area contributed by atoms with Crippen LogP contribution in [0.5, 0.6) is 0 Å². The zero-order chi connectivity index (χ0) is 26.7. The Kier molecular flexibility index (Phi) is 25.8. The van der Waals surface area contributed by atoms with Gasteiger partial charge in [0.25, 0.3) is 0 Å². The van der Waals surface area contributed by atoms with Crippen LogP contribution >= 0.6 is 0 Å². The van der Waals surface area contributed by atoms with Crippen molar-refractivity contribution in [3.05, 3.63) is 12.2 Å². The summed E-state index contributed by atoms with van der Waals surface area (Å²) in [6, 6.07) is -0.178. The van der Waals surface area contributed by atoms with E-state index in [0.717, 1.165) is 32.1 Å². The average molecular weight is 507 g/mol. The van der Waals surface area contributed by atoms with Gasteiger partial charge in [-0.25, -0.2) is 0 Å². The van der Waals surface area contributed by atoms with Gasteiger partial charge in [-0.15, -0.1) is 0 Å². The Morgan fingerprint density at radius 3 is 1.53 bits per heavy atom. The first-order chi connectivity index (χ1) is 17.5. The van der Waals surface area contributed by atoms with E-state index in [-0.39, 0.29) is 23.8 Å². The van der Waals surface area contributed by atoms with Crippen molar-refractivity contribution < 1.29 is 9.59 Å². The molecule has 2 amide bonds. The summed E-state index contributed by atoms with van der Waals surface area (Å²) < 4.78 is 0. The standard InChI is InChI=1S/C32H62N2O2/c1-4-6-8-10-12-14-15-16-17-18-19-20-22-24-26-28-31(35)34-29(3)30(32(33)36)27-25-23-21-13-11-9-7-5-2/h16-17,29-30H,4-15,18-28H2,1-3H3,(H2,33,36)(H,34,35)/b17-16-. The predicted octanol–water partition coefficient (Wildman–Crippen LogP) is 9.16. The molecule has 0 saturated carbocycles. The van der Waals surface area contributed by atoms with Crippen LogP contribution in [0.3, 0.4) is 0 Å². The van der Waals surface area contributed by atoms with E-state index in [4.69, 9.17) is 5.73 Å². The third-order valence-electron chi connectivity index (χ3n) is 7.39. The van der Waals surface area contributed by atoms with Gasteiger partial charge in [0.1, 0.15) is 0 Å². The van der Waals surface area contributed by atoms with Crippen molar-refractivity contribution >= 4 is 11.8 Å². The molecule has 2 atom stereocenters. The fourth-order valence-corrected chi connectivity index (χ4v) is 4.92. The van der Waals surface area contributed by atoms with E-state index < -0.39 is 0 Å². The van der Waals surface area contributed by atoms with E-state index in [0.29, 0.717) is 6.42 Å². The first kappa shape index (κ1) is 34.7. The van der Waals surface area contributed by atoms with Crippen molar-refractivity contribution in [3.8, 4) is 0 Å². The number of primary amides is 1. The van der Waals surface area contributed by atoms with Gasteiger partial charge >= 0.3 is 0 Å². The normalized spacial score (nSPS) is 13.2. The van der Waals surface area contributed by atoms with Crippen LogP contribution in [-0.4, -0.2) is 17.9 Å². The summed E-state index contributed by atoms with van der Waals surface area (Å²) in [5.41, 5.74) is 5.65. The quantitative estimate of drug-likeness (QED) is 0.0860. The number of amides is 2. The molecule has 0 fully saturated rings. The van der Waals surface area contributed by atoms with Crippen LogP contribution in [0, 0.1) is 5.92 Å². The second-order valence-corrected chi connectivity index (χ2v) is 11.0. The summed E-state index contributed by atoms with van der Waals surface area (Å²) in [6.07, 6.45) is 32.3. The molecule has 0 heterocycles. The molecule has 4 nitrogen and oxygen atoms in total. The van der Waals surface area contributed by atoms with Crippen LogP contribution < -0.4 is 11.1 Å². The van der Waals surface area contributed by atoms with E-state index in [1.54, 1.807) is 0 Å². The third kappa shape index (κ3) is 23.1. The van der Waals surface area contributed by atoms with Crippen molar-refractivity contribution in [1.82, 2.24) is 5.32 Å². The lowest BCUT2D eigenvalue weighted by atomic mass is 9.93. The molecule has 0 aliphatic carbocycles. The summed E-state index contributed by atoms with van der Waals surface area (Å²) in [5, 5.41) is 3.04. The number of allylic oxidation sites excluding steroid dienone is 2. The first-order valence-corrected chi connectivity index (χ1v) is 15.8. The number of carbonyl (C=O) groups excluding carboxylic acids is 2. The van der Waals surface area contributed by atoms with Crippen LogP contribution in [0.1, 0.15) is 168 Å². The molecule has 0 aliphatic heterocycles. The number of rotatable bonds is 27. The van der Waals surface area contributed by atoms with Gasteiger partial charge in [0.05, 0.1) is 5.92 Å². The number of unbranched alkanes of at least 4 members (excludes halogenated alkanes) is 18. The van der Waals surface area contributed by atoms with Crippen molar-refractivity contribution in [2.24, 2.45) is 11.7 Å². The Hall–Kier alpha value is -1.32. The molecule has 0 radical (unpaired) electrons. The van der Waals surface area contributed by atoms with Gasteiger partial charge in [-0.2, -0.15) is 0 Å². The minimum atomic E-state index is -0.285. The molecule has 0 aromatic carbocycles. The summed E-state index contributed by atoms with van der Waals surface area (Å²) in [5.74, 6) is -0.489. The molecule has 0 aromatic rings. The fourth-order valence-electron chi connectivity index (χ4n) is 4.92. The topological polar surface area (TPSA) is 72.2 Å². The Morgan fingerprint density at radius 1 is 0.639 bits per heavy atom. The second-order valence-electron chi connectivity index (χ2n) is 11.0. The molecule has 3 N–H and O–H groups in total. The SMILES string of the molecule is CCCCCCCC/C=C\CCCCCCCC(=O)NC(C)C(CCCCCCCCCC)C(N)=O. The number of hydrogen-bond donors (Lipinski definition) is 2. The zero-order valence-corrected chi connectivity index (χ0v) is 24.5. The smallest absolute Gasteiger partial charge is 0.222 e. The van der Waals surface area contributed by atoms with Crippen LogP contribution in [0.25, 0.3) is 0 Å². The first-order valence-electron chi connectivity index (χ1n) is 15.8. The summed E-state index contributed by atoms with van der Waals surface area (Å²) in [7, 11) is 0. The van der Waals surface area contributed by atoms with Crippen molar-refractivity contribution in [1.29, 1.82) is 0 Å². The number of nitrogens with two attached hydrogens (primary N) is 1. The molecular weight excluding hydrogens is 444 g/mol. The maximum absolute atomic E-state index is 12.3. The van der Waals surface area contributed by atoms with Gasteiger partial charge in [0.15, 0.2) is 0 Å². The van der Waals surface area contributed by atoms with Crippen LogP contribution in [0.15, 0.2) is 12.2 Å². The number of hydrogen-bond acceptors (Lipinski definition) is 2. The lowest BCUT2D eigenvalue weighted by molar-refractivity contribution is -0.125. The third-order valence-corrected chi connectivity index (χ3v) is 7.39. The molecule has 0 aromatic heterocycles. The van der Waals surface area contributed by atoms with Crippen molar-refractivity contribution in [2.75, 3.05) is 0 Å². The number of nitrogens with one attached hydrogen (secondary N) is 1. The maximum Gasteiger partial charge on any atom is 0.222 e. The molecule has 0 rings (SSSR count). The van der Waals surface area contributed by atoms with Gasteiger partial charge in [-0.05, 0) is 45.4 Å². The lowest BCUT2D eigenvalue weighted by Crippen LogP contribution is -2.43. The highest BCUT2D eigenvalue weighted by atomic mass is 16.2. The van der Waals surface area contributed by atoms with E-state index in [9.17, 15) is 9.59 Å². The molecule has 0 bridgehead atoms. The molecule has 0 aliphatic rings. The second kappa shape index (κ2) is 26.7. The van der Waals surface area contributed by atoms with Gasteiger partial charge in [-0.1, -0.05) is 129 Å². The van der Waals surface area contributed by atoms with Gasteiger partial charge < -0.3 is 11.1 Å². The van der Waals surface area contributed by atoms with Crippen molar-refractivity contribution in [2.45, 2.75) is 174 Å². The highest BCUT2D eigenvalue weighted by molar-refractivity contribution is 5.80. The highest BCUT2D eigenvalue weighted by Gasteiger charge is 2.23. The Labute approximate surface area is 225 Å². The van der Waals surface area contributed by atoms with Gasteiger partial charge in [0, 0.05) is 12.5 Å². The molecular formula is C32H62N2O2. The fraction of sp³-hybridized carbons (Fsp3) is 0.875. The average Bonchev–Trinajstić information content (AvgIpc) is 2.85. The minimum absolute atomic E-state index is 0.0577. The van der Waals surface area contributed by atoms with Crippen LogP contribution in [0.2, 0.25) is 0 Å². The lowest BCUT2D eigenvalue weighted by Gasteiger charge is -2.22. The predicted molar refractivity (Wildman–Crippen MR) is 157 cm³/mol. The summed E-state index contributed by atoms with van der Waals surface area (Å²) in [6.45, 7) is 6.43. The summed E-state index contributed by atoms with van der Waals surface area (Å²) >= 11 is 0. The van der Waals surface area contributed by atoms with Crippen LogP contribution in [-0.2, 0) is 9.59 Å².